The van der Waals surface area contributed by atoms with E-state index in [4.69, 9.17) is 0 Å². The maximum absolute atomic E-state index is 4.59. The Morgan fingerprint density at radius 3 is 2.35 bits per heavy atom. The lowest BCUT2D eigenvalue weighted by Gasteiger charge is -2.01. The Hall–Kier alpha value is -2.22. The van der Waals surface area contributed by atoms with Crippen LogP contribution in [0.25, 0.3) is 17.1 Å². The topological polar surface area (TPSA) is 25.8 Å². The van der Waals surface area contributed by atoms with Crippen molar-refractivity contribution < 1.29 is 0 Å². The van der Waals surface area contributed by atoms with Crippen molar-refractivity contribution in [1.82, 2.24) is 9.97 Å². The molecule has 0 aliphatic carbocycles. The summed E-state index contributed by atoms with van der Waals surface area (Å²) in [4.78, 5) is 9.01. The minimum Gasteiger partial charge on any atom is -0.252 e. The fourth-order valence-electron chi connectivity index (χ4n) is 1.90. The third-order valence-corrected chi connectivity index (χ3v) is 2.92. The number of aromatic nitrogens is 2. The molecule has 0 radical (unpaired) electrons. The van der Waals surface area contributed by atoms with Crippen LogP contribution in [0.2, 0.25) is 0 Å². The Morgan fingerprint density at radius 2 is 1.70 bits per heavy atom. The van der Waals surface area contributed by atoms with Gasteiger partial charge in [-0.1, -0.05) is 35.4 Å². The predicted octanol–water partition coefficient (Wildman–Crippen LogP) is 4.95. The summed E-state index contributed by atoms with van der Waals surface area (Å²) in [6.07, 6.45) is 8.10. The van der Waals surface area contributed by atoms with Gasteiger partial charge in [-0.15, -0.1) is 0 Å². The Morgan fingerprint density at radius 1 is 1.00 bits per heavy atom. The molecular weight excluding hydrogens is 244 g/mol. The first-order valence-electron chi connectivity index (χ1n) is 6.78. The van der Waals surface area contributed by atoms with Crippen LogP contribution in [0.4, 0.5) is 0 Å². The molecule has 2 aromatic rings. The van der Waals surface area contributed by atoms with E-state index in [1.807, 2.05) is 36.5 Å². The van der Waals surface area contributed by atoms with Crippen molar-refractivity contribution in [1.29, 1.82) is 0 Å². The van der Waals surface area contributed by atoms with Gasteiger partial charge in [-0.2, -0.15) is 0 Å². The van der Waals surface area contributed by atoms with Crippen molar-refractivity contribution in [3.8, 4) is 0 Å². The monoisotopic (exact) mass is 264 g/mol. The van der Waals surface area contributed by atoms with Crippen molar-refractivity contribution in [3.63, 3.8) is 0 Å². The van der Waals surface area contributed by atoms with E-state index in [0.717, 1.165) is 16.7 Å². The lowest BCUT2D eigenvalue weighted by molar-refractivity contribution is 1.26. The molecule has 2 rings (SSSR count). The fourth-order valence-corrected chi connectivity index (χ4v) is 1.90. The zero-order chi connectivity index (χ0) is 14.5. The van der Waals surface area contributed by atoms with Crippen LogP contribution in [-0.4, -0.2) is 9.97 Å². The Bertz CT molecular complexity index is 698. The largest absolute Gasteiger partial charge is 0.252 e. The first-order chi connectivity index (χ1) is 9.56. The normalized spacial score (nSPS) is 10.8. The molecule has 1 aromatic carbocycles. The highest BCUT2D eigenvalue weighted by atomic mass is 14.8. The second kappa shape index (κ2) is 6.29. The van der Waals surface area contributed by atoms with Crippen molar-refractivity contribution in [2.75, 3.05) is 0 Å². The Balaban J connectivity index is 2.33. The molecule has 1 heterocycles. The van der Waals surface area contributed by atoms with Crippen molar-refractivity contribution in [2.24, 2.45) is 0 Å². The minimum absolute atomic E-state index is 0.879. The van der Waals surface area contributed by atoms with Crippen molar-refractivity contribution in [2.45, 2.75) is 27.7 Å². The number of fused-ring (bicyclic) bond motifs is 1. The van der Waals surface area contributed by atoms with E-state index in [-0.39, 0.29) is 0 Å². The van der Waals surface area contributed by atoms with E-state index < -0.39 is 0 Å². The third-order valence-electron chi connectivity index (χ3n) is 2.92. The van der Waals surface area contributed by atoms with Gasteiger partial charge in [-0.3, -0.25) is 4.98 Å². The van der Waals surface area contributed by atoms with Crippen LogP contribution in [-0.2, 0) is 0 Å². The van der Waals surface area contributed by atoms with Gasteiger partial charge in [0, 0.05) is 0 Å². The highest BCUT2D eigenvalue weighted by Gasteiger charge is 1.97. The summed E-state index contributed by atoms with van der Waals surface area (Å²) < 4.78 is 0. The highest BCUT2D eigenvalue weighted by Crippen LogP contribution is 2.13. The average molecular weight is 264 g/mol. The molecule has 0 fully saturated rings. The molecule has 0 saturated carbocycles. The summed E-state index contributed by atoms with van der Waals surface area (Å²) in [6.45, 7) is 8.44. The molecule has 0 aliphatic heterocycles. The summed E-state index contributed by atoms with van der Waals surface area (Å²) in [6, 6.07) is 7.91. The molecule has 102 valence electrons. The Kier molecular flexibility index (Phi) is 4.46. The highest BCUT2D eigenvalue weighted by molar-refractivity contribution is 5.74. The van der Waals surface area contributed by atoms with E-state index in [9.17, 15) is 0 Å². The number of para-hydroxylation sites is 2. The van der Waals surface area contributed by atoms with Crippen molar-refractivity contribution >= 4 is 17.1 Å². The smallest absolute Gasteiger partial charge is 0.0894 e. The van der Waals surface area contributed by atoms with Gasteiger partial charge >= 0.3 is 0 Å². The zero-order valence-corrected chi connectivity index (χ0v) is 12.5. The van der Waals surface area contributed by atoms with Crippen LogP contribution in [0.15, 0.2) is 59.3 Å². The van der Waals surface area contributed by atoms with Crippen LogP contribution in [0.5, 0.6) is 0 Å². The van der Waals surface area contributed by atoms with Gasteiger partial charge in [0.1, 0.15) is 0 Å². The molecule has 0 aliphatic rings. The number of allylic oxidation sites excluding steroid dienone is 5. The minimum atomic E-state index is 0.879. The van der Waals surface area contributed by atoms with Crippen LogP contribution >= 0.6 is 0 Å². The lowest BCUT2D eigenvalue weighted by Crippen LogP contribution is -1.87. The van der Waals surface area contributed by atoms with Gasteiger partial charge in [-0.05, 0) is 51.5 Å². The van der Waals surface area contributed by atoms with Crippen LogP contribution in [0.3, 0.4) is 0 Å². The van der Waals surface area contributed by atoms with Gasteiger partial charge in [0.2, 0.25) is 0 Å². The van der Waals surface area contributed by atoms with Gasteiger partial charge in [0.15, 0.2) is 0 Å². The molecular formula is C18H20N2. The maximum Gasteiger partial charge on any atom is 0.0894 e. The van der Waals surface area contributed by atoms with Gasteiger partial charge in [0.05, 0.1) is 22.9 Å². The standard InChI is InChI=1S/C18H20N2/c1-13(2)11-15(14(3)4)9-10-16-12-19-17-7-5-6-8-18(17)20-16/h5-12H,1-4H3/b10-9+. The summed E-state index contributed by atoms with van der Waals surface area (Å²) in [5.74, 6) is 0. The summed E-state index contributed by atoms with van der Waals surface area (Å²) in [5, 5.41) is 0. The SMILES string of the molecule is CC(C)=CC(/C=C/c1cnc2ccccc2n1)=C(C)C. The van der Waals surface area contributed by atoms with E-state index in [1.54, 1.807) is 0 Å². The molecule has 0 N–H and O–H groups in total. The first kappa shape index (κ1) is 14.2. The number of nitrogens with zero attached hydrogens (tertiary/aromatic N) is 2. The molecule has 0 atom stereocenters. The fraction of sp³-hybridized carbons (Fsp3) is 0.222. The van der Waals surface area contributed by atoms with E-state index in [2.05, 4.69) is 49.8 Å². The van der Waals surface area contributed by atoms with E-state index >= 15 is 0 Å². The van der Waals surface area contributed by atoms with Crippen LogP contribution in [0.1, 0.15) is 33.4 Å². The number of hydrogen-bond acceptors (Lipinski definition) is 2. The first-order valence-corrected chi connectivity index (χ1v) is 6.78. The Labute approximate surface area is 120 Å². The summed E-state index contributed by atoms with van der Waals surface area (Å²) >= 11 is 0. The van der Waals surface area contributed by atoms with Crippen LogP contribution in [0, 0.1) is 0 Å². The van der Waals surface area contributed by atoms with Gasteiger partial charge in [0.25, 0.3) is 0 Å². The van der Waals surface area contributed by atoms with Crippen molar-refractivity contribution in [3.05, 3.63) is 65.0 Å². The zero-order valence-electron chi connectivity index (χ0n) is 12.5. The molecule has 0 saturated heterocycles. The van der Waals surface area contributed by atoms with Gasteiger partial charge in [-0.25, -0.2) is 4.98 Å². The van der Waals surface area contributed by atoms with Gasteiger partial charge < -0.3 is 0 Å². The molecule has 0 bridgehead atoms. The predicted molar refractivity (Wildman–Crippen MR) is 86.4 cm³/mol. The molecule has 0 spiro atoms. The second-order valence-corrected chi connectivity index (χ2v) is 5.29. The number of benzene rings is 1. The summed E-state index contributed by atoms with van der Waals surface area (Å²) in [5.41, 5.74) is 6.53. The lowest BCUT2D eigenvalue weighted by atomic mass is 10.1. The number of rotatable bonds is 3. The van der Waals surface area contributed by atoms with Crippen LogP contribution < -0.4 is 0 Å². The molecule has 20 heavy (non-hydrogen) atoms. The molecule has 0 unspecified atom stereocenters. The molecule has 1 aromatic heterocycles. The average Bonchev–Trinajstić information content (AvgIpc) is 2.42. The molecule has 2 nitrogen and oxygen atoms in total. The number of hydrogen-bond donors (Lipinski definition) is 0. The summed E-state index contributed by atoms with van der Waals surface area (Å²) in [7, 11) is 0. The third kappa shape index (κ3) is 3.64. The molecule has 0 amide bonds. The quantitative estimate of drug-likeness (QED) is 0.733. The molecule has 2 heteroatoms. The van der Waals surface area contributed by atoms with E-state index in [1.165, 1.54) is 16.7 Å². The second-order valence-electron chi connectivity index (χ2n) is 5.29. The van der Waals surface area contributed by atoms with E-state index in [0.29, 0.717) is 0 Å². The maximum atomic E-state index is 4.59.